The van der Waals surface area contributed by atoms with Gasteiger partial charge in [0.15, 0.2) is 5.96 Å². The molecular weight excluding hydrogens is 342 g/mol. The van der Waals surface area contributed by atoms with Gasteiger partial charge in [-0.2, -0.15) is 0 Å². The summed E-state index contributed by atoms with van der Waals surface area (Å²) in [6.07, 6.45) is 0. The Balaban J connectivity index is 2.55. The van der Waals surface area contributed by atoms with Crippen LogP contribution in [0.5, 0.6) is 0 Å². The summed E-state index contributed by atoms with van der Waals surface area (Å²) < 4.78 is 0. The van der Waals surface area contributed by atoms with Crippen LogP contribution in [0.2, 0.25) is 0 Å². The maximum atomic E-state index is 6.45. The molecule has 3 heteroatoms. The molecule has 0 radical (unpaired) electrons. The summed E-state index contributed by atoms with van der Waals surface area (Å²) in [4.78, 5) is 4.88. The molecule has 0 saturated heterocycles. The topological polar surface area (TPSA) is 50.4 Å². The first-order valence-corrected chi connectivity index (χ1v) is 10.5. The van der Waals surface area contributed by atoms with Crippen LogP contribution in [0.1, 0.15) is 101 Å². The molecule has 2 rings (SSSR count). The predicted molar refractivity (Wildman–Crippen MR) is 124 cm³/mol. The first-order chi connectivity index (χ1) is 13.1. The number of guanidine groups is 1. The third-order valence-electron chi connectivity index (χ3n) is 5.20. The van der Waals surface area contributed by atoms with E-state index in [1.165, 1.54) is 22.3 Å². The molecule has 0 heterocycles. The minimum Gasteiger partial charge on any atom is -0.369 e. The van der Waals surface area contributed by atoms with Gasteiger partial charge in [0, 0.05) is 5.69 Å². The maximum absolute atomic E-state index is 6.45. The molecule has 0 aliphatic rings. The number of anilines is 1. The molecule has 0 aliphatic carbocycles. The molecule has 0 unspecified atom stereocenters. The Morgan fingerprint density at radius 1 is 0.679 bits per heavy atom. The summed E-state index contributed by atoms with van der Waals surface area (Å²) >= 11 is 0. The van der Waals surface area contributed by atoms with E-state index in [9.17, 15) is 0 Å². The Kier molecular flexibility index (Phi) is 7.29. The third kappa shape index (κ3) is 4.95. The Morgan fingerprint density at radius 3 is 1.39 bits per heavy atom. The molecule has 0 aromatic heterocycles. The Bertz CT molecular complexity index is 777. The highest BCUT2D eigenvalue weighted by Gasteiger charge is 2.16. The van der Waals surface area contributed by atoms with E-state index in [2.05, 4.69) is 97.1 Å². The molecule has 2 aromatic rings. The number of rotatable bonds is 6. The van der Waals surface area contributed by atoms with Crippen LogP contribution in [0.3, 0.4) is 0 Å². The first-order valence-electron chi connectivity index (χ1n) is 10.5. The van der Waals surface area contributed by atoms with E-state index < -0.39 is 0 Å². The monoisotopic (exact) mass is 379 g/mol. The van der Waals surface area contributed by atoms with Gasteiger partial charge in [0.2, 0.25) is 0 Å². The van der Waals surface area contributed by atoms with Crippen molar-refractivity contribution in [3.63, 3.8) is 0 Å². The lowest BCUT2D eigenvalue weighted by atomic mass is 9.92. The number of nitrogens with one attached hydrogen (secondary N) is 1. The van der Waals surface area contributed by atoms with Gasteiger partial charge in [0.05, 0.1) is 5.69 Å². The highest BCUT2D eigenvalue weighted by atomic mass is 15.1. The Hall–Kier alpha value is -2.29. The van der Waals surface area contributed by atoms with Gasteiger partial charge >= 0.3 is 0 Å². The number of hydrogen-bond donors (Lipinski definition) is 2. The highest BCUT2D eigenvalue weighted by Crippen LogP contribution is 2.36. The van der Waals surface area contributed by atoms with Crippen molar-refractivity contribution in [3.05, 3.63) is 58.7 Å². The molecule has 0 aliphatic heterocycles. The molecule has 3 N–H and O–H groups in total. The SMILES string of the molecule is CC(C)c1cccc(C(C)C)c1N=C(N)Nc1c(C(C)C)cccc1C(C)C. The minimum absolute atomic E-state index is 0.388. The second-order valence-electron chi connectivity index (χ2n) is 8.84. The molecule has 0 saturated carbocycles. The van der Waals surface area contributed by atoms with Gasteiger partial charge in [-0.1, -0.05) is 91.8 Å². The van der Waals surface area contributed by atoms with Gasteiger partial charge in [-0.15, -0.1) is 0 Å². The zero-order valence-electron chi connectivity index (χ0n) is 18.8. The van der Waals surface area contributed by atoms with E-state index in [1.807, 2.05) is 0 Å². The number of nitrogens with two attached hydrogens (primary N) is 1. The van der Waals surface area contributed by atoms with Gasteiger partial charge in [0.25, 0.3) is 0 Å². The van der Waals surface area contributed by atoms with Crippen LogP contribution in [0.4, 0.5) is 11.4 Å². The lowest BCUT2D eigenvalue weighted by Crippen LogP contribution is -2.24. The second kappa shape index (κ2) is 9.27. The number of aliphatic imine (C=N–C) groups is 1. The van der Waals surface area contributed by atoms with Crippen molar-refractivity contribution in [1.29, 1.82) is 0 Å². The quantitative estimate of drug-likeness (QED) is 0.410. The lowest BCUT2D eigenvalue weighted by molar-refractivity contribution is 0.834. The molecule has 0 bridgehead atoms. The standard InChI is InChI=1S/C25H37N3/c1-15(2)19-11-9-12-20(16(3)4)23(19)27-25(26)28-24-21(17(5)6)13-10-14-22(24)18(7)8/h9-18H,1-8H3,(H3,26,27,28). The lowest BCUT2D eigenvalue weighted by Gasteiger charge is -2.21. The van der Waals surface area contributed by atoms with Crippen LogP contribution in [0.25, 0.3) is 0 Å². The Labute approximate surface area is 171 Å². The van der Waals surface area contributed by atoms with E-state index >= 15 is 0 Å². The number of nitrogens with zero attached hydrogens (tertiary/aromatic N) is 1. The van der Waals surface area contributed by atoms with Crippen molar-refractivity contribution in [2.24, 2.45) is 10.7 Å². The average Bonchev–Trinajstić information content (AvgIpc) is 2.61. The molecule has 0 atom stereocenters. The first kappa shape index (κ1) is 22.0. The number of hydrogen-bond acceptors (Lipinski definition) is 1. The Morgan fingerprint density at radius 2 is 1.04 bits per heavy atom. The van der Waals surface area contributed by atoms with E-state index in [0.717, 1.165) is 11.4 Å². The summed E-state index contributed by atoms with van der Waals surface area (Å²) in [7, 11) is 0. The molecule has 2 aromatic carbocycles. The van der Waals surface area contributed by atoms with Crippen molar-refractivity contribution in [3.8, 4) is 0 Å². The normalized spacial score (nSPS) is 12.5. The summed E-state index contributed by atoms with van der Waals surface area (Å²) in [5.41, 5.74) is 13.6. The van der Waals surface area contributed by atoms with Gasteiger partial charge in [-0.3, -0.25) is 0 Å². The molecule has 0 fully saturated rings. The smallest absolute Gasteiger partial charge is 0.198 e. The fourth-order valence-electron chi connectivity index (χ4n) is 3.61. The van der Waals surface area contributed by atoms with Crippen molar-refractivity contribution in [2.75, 3.05) is 5.32 Å². The zero-order chi connectivity index (χ0) is 21.0. The van der Waals surface area contributed by atoms with Crippen LogP contribution in [-0.4, -0.2) is 5.96 Å². The molecule has 28 heavy (non-hydrogen) atoms. The third-order valence-corrected chi connectivity index (χ3v) is 5.20. The van der Waals surface area contributed by atoms with E-state index in [0.29, 0.717) is 29.6 Å². The van der Waals surface area contributed by atoms with Gasteiger partial charge < -0.3 is 11.1 Å². The van der Waals surface area contributed by atoms with Crippen LogP contribution in [0, 0.1) is 0 Å². The fourth-order valence-corrected chi connectivity index (χ4v) is 3.61. The van der Waals surface area contributed by atoms with Crippen LogP contribution in [0.15, 0.2) is 41.4 Å². The van der Waals surface area contributed by atoms with Gasteiger partial charge in [-0.25, -0.2) is 4.99 Å². The molecular formula is C25H37N3. The van der Waals surface area contributed by atoms with Crippen molar-refractivity contribution in [2.45, 2.75) is 79.1 Å². The fraction of sp³-hybridized carbons (Fsp3) is 0.480. The van der Waals surface area contributed by atoms with Crippen molar-refractivity contribution < 1.29 is 0 Å². The van der Waals surface area contributed by atoms with E-state index in [1.54, 1.807) is 0 Å². The largest absolute Gasteiger partial charge is 0.369 e. The molecule has 152 valence electrons. The van der Waals surface area contributed by atoms with Crippen LogP contribution in [-0.2, 0) is 0 Å². The summed E-state index contributed by atoms with van der Waals surface area (Å²) in [6, 6.07) is 12.9. The number of benzene rings is 2. The van der Waals surface area contributed by atoms with Gasteiger partial charge in [-0.05, 0) is 45.9 Å². The van der Waals surface area contributed by atoms with Gasteiger partial charge in [0.1, 0.15) is 0 Å². The zero-order valence-corrected chi connectivity index (χ0v) is 18.8. The van der Waals surface area contributed by atoms with E-state index in [4.69, 9.17) is 10.7 Å². The number of para-hydroxylation sites is 2. The average molecular weight is 380 g/mol. The van der Waals surface area contributed by atoms with Crippen molar-refractivity contribution in [1.82, 2.24) is 0 Å². The highest BCUT2D eigenvalue weighted by molar-refractivity contribution is 5.96. The molecule has 3 nitrogen and oxygen atoms in total. The van der Waals surface area contributed by atoms with Crippen LogP contribution < -0.4 is 11.1 Å². The predicted octanol–water partition coefficient (Wildman–Crippen LogP) is 7.24. The van der Waals surface area contributed by atoms with E-state index in [-0.39, 0.29) is 0 Å². The summed E-state index contributed by atoms with van der Waals surface area (Å²) in [5.74, 6) is 2.04. The second-order valence-corrected chi connectivity index (χ2v) is 8.84. The minimum atomic E-state index is 0.388. The summed E-state index contributed by atoms with van der Waals surface area (Å²) in [5, 5.41) is 3.45. The molecule has 0 amide bonds. The van der Waals surface area contributed by atoms with Crippen LogP contribution >= 0.6 is 0 Å². The summed E-state index contributed by atoms with van der Waals surface area (Å²) in [6.45, 7) is 17.7. The molecule has 0 spiro atoms. The maximum Gasteiger partial charge on any atom is 0.198 e. The van der Waals surface area contributed by atoms with Crippen molar-refractivity contribution >= 4 is 17.3 Å².